The zero-order chi connectivity index (χ0) is 20.6. The molecule has 3 N–H and O–H groups in total. The molecule has 7 heteroatoms. The van der Waals surface area contributed by atoms with Crippen LogP contribution in [-0.2, 0) is 4.74 Å². The molecule has 1 aromatic carbocycles. The number of carbonyl (C=O) groups excluding carboxylic acids is 1. The summed E-state index contributed by atoms with van der Waals surface area (Å²) in [6.07, 6.45) is -0.205. The Labute approximate surface area is 162 Å². The van der Waals surface area contributed by atoms with Gasteiger partial charge in [0.25, 0.3) is 0 Å². The van der Waals surface area contributed by atoms with Crippen LogP contribution in [-0.4, -0.2) is 48.8 Å². The maximum Gasteiger partial charge on any atom is 0.410 e. The molecule has 0 bridgehead atoms. The van der Waals surface area contributed by atoms with Crippen molar-refractivity contribution in [3.8, 4) is 5.75 Å². The van der Waals surface area contributed by atoms with Crippen LogP contribution in [0.2, 0.25) is 0 Å². The Morgan fingerprint density at radius 1 is 1.22 bits per heavy atom. The summed E-state index contributed by atoms with van der Waals surface area (Å²) in [5, 5.41) is 3.05. The Morgan fingerprint density at radius 2 is 1.81 bits per heavy atom. The molecule has 0 radical (unpaired) electrons. The first kappa shape index (κ1) is 22.6. The van der Waals surface area contributed by atoms with Crippen molar-refractivity contribution in [1.29, 1.82) is 0 Å². The van der Waals surface area contributed by atoms with Gasteiger partial charge >= 0.3 is 6.09 Å². The number of hydrogen-bond acceptors (Lipinski definition) is 4. The van der Waals surface area contributed by atoms with Gasteiger partial charge in [-0.3, -0.25) is 4.99 Å². The van der Waals surface area contributed by atoms with Crippen LogP contribution in [0.15, 0.2) is 29.3 Å². The van der Waals surface area contributed by atoms with Crippen molar-refractivity contribution in [2.45, 2.75) is 53.2 Å². The van der Waals surface area contributed by atoms with E-state index in [9.17, 15) is 4.79 Å². The fourth-order valence-electron chi connectivity index (χ4n) is 2.27. The summed E-state index contributed by atoms with van der Waals surface area (Å²) >= 11 is 0. The molecule has 0 aliphatic carbocycles. The van der Waals surface area contributed by atoms with E-state index in [1.807, 2.05) is 65.8 Å². The van der Waals surface area contributed by atoms with Crippen molar-refractivity contribution in [3.63, 3.8) is 0 Å². The van der Waals surface area contributed by atoms with E-state index >= 15 is 0 Å². The molecule has 0 aromatic heterocycles. The van der Waals surface area contributed by atoms with Gasteiger partial charge in [-0.25, -0.2) is 4.79 Å². The van der Waals surface area contributed by atoms with E-state index in [1.165, 1.54) is 0 Å². The summed E-state index contributed by atoms with van der Waals surface area (Å²) in [6.45, 7) is 12.6. The fraction of sp³-hybridized carbons (Fsp3) is 0.600. The number of carbonyl (C=O) groups is 1. The molecule has 0 fully saturated rings. The predicted octanol–water partition coefficient (Wildman–Crippen LogP) is 3.70. The quantitative estimate of drug-likeness (QED) is 0.558. The molecule has 0 spiro atoms. The molecule has 0 saturated carbocycles. The number of benzene rings is 1. The highest BCUT2D eigenvalue weighted by Gasteiger charge is 2.20. The zero-order valence-corrected chi connectivity index (χ0v) is 17.6. The lowest BCUT2D eigenvalue weighted by molar-refractivity contribution is 0.0279. The average Bonchev–Trinajstić information content (AvgIpc) is 2.52. The Kier molecular flexibility index (Phi) is 8.40. The summed E-state index contributed by atoms with van der Waals surface area (Å²) in [7, 11) is 1.72. The van der Waals surface area contributed by atoms with Crippen molar-refractivity contribution >= 4 is 17.7 Å². The molecule has 1 aromatic rings. The number of nitrogens with zero attached hydrogens (tertiary/aromatic N) is 2. The minimum atomic E-state index is -0.503. The van der Waals surface area contributed by atoms with Gasteiger partial charge in [0.1, 0.15) is 11.4 Å². The highest BCUT2D eigenvalue weighted by Crippen LogP contribution is 2.16. The zero-order valence-electron chi connectivity index (χ0n) is 17.6. The van der Waals surface area contributed by atoms with E-state index < -0.39 is 5.60 Å². The molecule has 0 aliphatic heterocycles. The van der Waals surface area contributed by atoms with Gasteiger partial charge in [-0.1, -0.05) is 6.92 Å². The normalized spacial score (nSPS) is 13.3. The van der Waals surface area contributed by atoms with Crippen LogP contribution >= 0.6 is 0 Å². The van der Waals surface area contributed by atoms with E-state index in [4.69, 9.17) is 15.2 Å². The number of amides is 1. The van der Waals surface area contributed by atoms with Gasteiger partial charge in [0.15, 0.2) is 5.96 Å². The number of anilines is 1. The second-order valence-corrected chi connectivity index (χ2v) is 8.01. The van der Waals surface area contributed by atoms with E-state index in [1.54, 1.807) is 11.9 Å². The third kappa shape index (κ3) is 9.72. The maximum absolute atomic E-state index is 12.0. The Balaban J connectivity index is 2.47. The van der Waals surface area contributed by atoms with Crippen molar-refractivity contribution < 1.29 is 14.3 Å². The Morgan fingerprint density at radius 3 is 2.33 bits per heavy atom. The first-order chi connectivity index (χ1) is 12.5. The molecule has 0 heterocycles. The topological polar surface area (TPSA) is 89.2 Å². The van der Waals surface area contributed by atoms with Crippen LogP contribution in [0.4, 0.5) is 10.5 Å². The van der Waals surface area contributed by atoms with Gasteiger partial charge in [-0.2, -0.15) is 0 Å². The number of rotatable bonds is 7. The lowest BCUT2D eigenvalue weighted by atomic mass is 10.2. The average molecular weight is 379 g/mol. The predicted molar refractivity (Wildman–Crippen MR) is 110 cm³/mol. The third-order valence-corrected chi connectivity index (χ3v) is 3.36. The number of nitrogens with one attached hydrogen (secondary N) is 1. The molecule has 27 heavy (non-hydrogen) atoms. The molecule has 7 nitrogen and oxygen atoms in total. The van der Waals surface area contributed by atoms with E-state index in [0.29, 0.717) is 19.0 Å². The first-order valence-electron chi connectivity index (χ1n) is 9.24. The van der Waals surface area contributed by atoms with Crippen LogP contribution in [0, 0.1) is 5.92 Å². The maximum atomic E-state index is 12.0. The second kappa shape index (κ2) is 10.0. The molecule has 152 valence electrons. The molecule has 1 atom stereocenters. The third-order valence-electron chi connectivity index (χ3n) is 3.36. The van der Waals surface area contributed by atoms with Crippen molar-refractivity contribution in [2.75, 3.05) is 25.5 Å². The van der Waals surface area contributed by atoms with E-state index in [2.05, 4.69) is 10.3 Å². The largest absolute Gasteiger partial charge is 0.491 e. The summed E-state index contributed by atoms with van der Waals surface area (Å²) in [6, 6.07) is 7.54. The molecule has 1 rings (SSSR count). The summed E-state index contributed by atoms with van der Waals surface area (Å²) in [5.74, 6) is 1.29. The molecular weight excluding hydrogens is 344 g/mol. The molecule has 0 aliphatic rings. The number of guanidine groups is 1. The van der Waals surface area contributed by atoms with E-state index in [-0.39, 0.29) is 18.1 Å². The van der Waals surface area contributed by atoms with Gasteiger partial charge in [0, 0.05) is 25.8 Å². The second-order valence-electron chi connectivity index (χ2n) is 8.01. The number of nitrogens with two attached hydrogens (primary N) is 1. The highest BCUT2D eigenvalue weighted by molar-refractivity contribution is 5.92. The molecular formula is C20H34N4O3. The lowest BCUT2D eigenvalue weighted by Gasteiger charge is -2.26. The van der Waals surface area contributed by atoms with Gasteiger partial charge in [0.2, 0.25) is 0 Å². The van der Waals surface area contributed by atoms with Crippen LogP contribution < -0.4 is 15.8 Å². The van der Waals surface area contributed by atoms with Gasteiger partial charge in [-0.05, 0) is 64.8 Å². The SMILES string of the molecule is CC(CN=C(N)Nc1ccc(OC(C)C)cc1)CN(C)C(=O)OC(C)(C)C. The number of hydrogen-bond donors (Lipinski definition) is 2. The molecule has 1 unspecified atom stereocenters. The number of aliphatic imine (C=N–C) groups is 1. The van der Waals surface area contributed by atoms with Crippen LogP contribution in [0.5, 0.6) is 5.75 Å². The van der Waals surface area contributed by atoms with Crippen molar-refractivity contribution in [1.82, 2.24) is 4.90 Å². The molecule has 0 saturated heterocycles. The van der Waals surface area contributed by atoms with Crippen LogP contribution in [0.1, 0.15) is 41.5 Å². The van der Waals surface area contributed by atoms with Crippen LogP contribution in [0.3, 0.4) is 0 Å². The summed E-state index contributed by atoms with van der Waals surface area (Å²) in [4.78, 5) is 17.9. The molecule has 1 amide bonds. The van der Waals surface area contributed by atoms with Crippen molar-refractivity contribution in [2.24, 2.45) is 16.6 Å². The van der Waals surface area contributed by atoms with Crippen molar-refractivity contribution in [3.05, 3.63) is 24.3 Å². The minimum absolute atomic E-state index is 0.135. The number of ether oxygens (including phenoxy) is 2. The van der Waals surface area contributed by atoms with E-state index in [0.717, 1.165) is 11.4 Å². The van der Waals surface area contributed by atoms with Gasteiger partial charge in [0.05, 0.1) is 6.10 Å². The highest BCUT2D eigenvalue weighted by atomic mass is 16.6. The van der Waals surface area contributed by atoms with Gasteiger partial charge < -0.3 is 25.4 Å². The van der Waals surface area contributed by atoms with Gasteiger partial charge in [-0.15, -0.1) is 0 Å². The van der Waals surface area contributed by atoms with Crippen LogP contribution in [0.25, 0.3) is 0 Å². The lowest BCUT2D eigenvalue weighted by Crippen LogP contribution is -2.37. The fourth-order valence-corrected chi connectivity index (χ4v) is 2.27. The summed E-state index contributed by atoms with van der Waals surface area (Å²) in [5.41, 5.74) is 6.28. The Bertz CT molecular complexity index is 621. The standard InChI is InChI=1S/C20H34N4O3/c1-14(2)26-17-10-8-16(9-11-17)23-18(21)22-12-15(3)13-24(7)19(25)27-20(4,5)6/h8-11,14-15H,12-13H2,1-7H3,(H3,21,22,23). The summed E-state index contributed by atoms with van der Waals surface area (Å²) < 4.78 is 11.0. The minimum Gasteiger partial charge on any atom is -0.491 e. The monoisotopic (exact) mass is 378 g/mol. The first-order valence-corrected chi connectivity index (χ1v) is 9.24. The Hall–Kier alpha value is -2.44. The smallest absolute Gasteiger partial charge is 0.410 e.